The highest BCUT2D eigenvalue weighted by Crippen LogP contribution is 2.20. The number of nitrogens with zero attached hydrogens (tertiary/aromatic N) is 1. The molecule has 0 saturated heterocycles. The zero-order chi connectivity index (χ0) is 20.6. The Morgan fingerprint density at radius 1 is 0.966 bits per heavy atom. The Bertz CT molecular complexity index is 957. The van der Waals surface area contributed by atoms with Gasteiger partial charge in [-0.1, -0.05) is 30.3 Å². The number of carbonyl (C=O) groups excluding carboxylic acids is 1. The Kier molecular flexibility index (Phi) is 6.42. The highest BCUT2D eigenvalue weighted by atomic mass is 16.6. The van der Waals surface area contributed by atoms with Crippen LogP contribution in [-0.4, -0.2) is 16.9 Å². The fourth-order valence-electron chi connectivity index (χ4n) is 2.52. The summed E-state index contributed by atoms with van der Waals surface area (Å²) in [7, 11) is 0. The lowest BCUT2D eigenvalue weighted by molar-refractivity contribution is -0.384. The second-order valence-electron chi connectivity index (χ2n) is 6.30. The van der Waals surface area contributed by atoms with E-state index in [1.54, 1.807) is 31.2 Å². The molecule has 0 heterocycles. The number of nitro benzene ring substituents is 1. The summed E-state index contributed by atoms with van der Waals surface area (Å²) in [4.78, 5) is 22.5. The van der Waals surface area contributed by atoms with Crippen molar-refractivity contribution in [3.05, 3.63) is 94.5 Å². The minimum atomic E-state index is -0.773. The third-order valence-electron chi connectivity index (χ3n) is 4.10. The molecular weight excluding hydrogens is 372 g/mol. The van der Waals surface area contributed by atoms with Gasteiger partial charge in [0.1, 0.15) is 18.1 Å². The minimum Gasteiger partial charge on any atom is -0.489 e. The predicted molar refractivity (Wildman–Crippen MR) is 109 cm³/mol. The average Bonchev–Trinajstić information content (AvgIpc) is 2.74. The number of hydrogen-bond donors (Lipinski definition) is 1. The van der Waals surface area contributed by atoms with Crippen molar-refractivity contribution in [2.75, 3.05) is 5.32 Å². The van der Waals surface area contributed by atoms with E-state index >= 15 is 0 Å². The number of carbonyl (C=O) groups is 1. The van der Waals surface area contributed by atoms with Crippen molar-refractivity contribution >= 4 is 17.3 Å². The van der Waals surface area contributed by atoms with Crippen molar-refractivity contribution in [2.24, 2.45) is 0 Å². The SMILES string of the molecule is C[C@@H](Oc1ccc([N+](=O)[O-])cc1)C(=O)Nc1ccc(OCc2ccccc2)cc1. The maximum atomic E-state index is 12.3. The smallest absolute Gasteiger partial charge is 0.269 e. The molecule has 0 saturated carbocycles. The lowest BCUT2D eigenvalue weighted by atomic mass is 10.2. The molecular formula is C22H20N2O5. The van der Waals surface area contributed by atoms with Crippen LogP contribution in [-0.2, 0) is 11.4 Å². The van der Waals surface area contributed by atoms with E-state index in [1.165, 1.54) is 24.3 Å². The van der Waals surface area contributed by atoms with Gasteiger partial charge < -0.3 is 14.8 Å². The standard InChI is InChI=1S/C22H20N2O5/c1-16(29-21-13-9-19(10-14-21)24(26)27)22(25)23-18-7-11-20(12-8-18)28-15-17-5-3-2-4-6-17/h2-14,16H,15H2,1H3,(H,23,25)/t16-/m1/s1. The molecule has 3 rings (SSSR count). The summed E-state index contributed by atoms with van der Waals surface area (Å²) in [6, 6.07) is 22.5. The van der Waals surface area contributed by atoms with E-state index in [2.05, 4.69) is 5.32 Å². The Morgan fingerprint density at radius 3 is 2.21 bits per heavy atom. The number of nitrogens with one attached hydrogen (secondary N) is 1. The number of non-ortho nitro benzene ring substituents is 1. The van der Waals surface area contributed by atoms with Gasteiger partial charge in [-0.3, -0.25) is 14.9 Å². The van der Waals surface area contributed by atoms with Gasteiger partial charge in [-0.25, -0.2) is 0 Å². The molecule has 3 aromatic carbocycles. The lowest BCUT2D eigenvalue weighted by Crippen LogP contribution is -2.30. The summed E-state index contributed by atoms with van der Waals surface area (Å²) in [6.07, 6.45) is -0.773. The normalized spacial score (nSPS) is 11.3. The van der Waals surface area contributed by atoms with Crippen LogP contribution in [0.3, 0.4) is 0 Å². The first-order valence-corrected chi connectivity index (χ1v) is 9.00. The number of hydrogen-bond acceptors (Lipinski definition) is 5. The third-order valence-corrected chi connectivity index (χ3v) is 4.10. The number of benzene rings is 3. The van der Waals surface area contributed by atoms with E-state index in [0.717, 1.165) is 5.56 Å². The number of rotatable bonds is 8. The van der Waals surface area contributed by atoms with Gasteiger partial charge in [-0.05, 0) is 48.9 Å². The Morgan fingerprint density at radius 2 is 1.59 bits per heavy atom. The van der Waals surface area contributed by atoms with Crippen molar-refractivity contribution in [1.82, 2.24) is 0 Å². The third kappa shape index (κ3) is 5.80. The van der Waals surface area contributed by atoms with Crippen LogP contribution in [0.5, 0.6) is 11.5 Å². The maximum Gasteiger partial charge on any atom is 0.269 e. The zero-order valence-electron chi connectivity index (χ0n) is 15.8. The summed E-state index contributed by atoms with van der Waals surface area (Å²) in [5, 5.41) is 13.4. The average molecular weight is 392 g/mol. The van der Waals surface area contributed by atoms with Gasteiger partial charge in [-0.2, -0.15) is 0 Å². The van der Waals surface area contributed by atoms with Crippen LogP contribution < -0.4 is 14.8 Å². The molecule has 7 nitrogen and oxygen atoms in total. The summed E-state index contributed by atoms with van der Waals surface area (Å²) < 4.78 is 11.3. The Balaban J connectivity index is 1.51. The van der Waals surface area contributed by atoms with Crippen LogP contribution in [0.4, 0.5) is 11.4 Å². The van der Waals surface area contributed by atoms with Crippen molar-refractivity contribution < 1.29 is 19.2 Å². The molecule has 1 atom stereocenters. The molecule has 0 spiro atoms. The van der Waals surface area contributed by atoms with Gasteiger partial charge >= 0.3 is 0 Å². The van der Waals surface area contributed by atoms with Gasteiger partial charge in [0.15, 0.2) is 6.10 Å². The molecule has 29 heavy (non-hydrogen) atoms. The van der Waals surface area contributed by atoms with Crippen molar-refractivity contribution in [3.63, 3.8) is 0 Å². The molecule has 3 aromatic rings. The first-order chi connectivity index (χ1) is 14.0. The molecule has 0 aliphatic rings. The fourth-order valence-corrected chi connectivity index (χ4v) is 2.52. The van der Waals surface area contributed by atoms with Crippen LogP contribution in [0.25, 0.3) is 0 Å². The van der Waals surface area contributed by atoms with Crippen molar-refractivity contribution in [1.29, 1.82) is 0 Å². The van der Waals surface area contributed by atoms with Crippen LogP contribution >= 0.6 is 0 Å². The van der Waals surface area contributed by atoms with E-state index in [0.29, 0.717) is 23.8 Å². The highest BCUT2D eigenvalue weighted by molar-refractivity contribution is 5.94. The molecule has 0 bridgehead atoms. The molecule has 7 heteroatoms. The largest absolute Gasteiger partial charge is 0.489 e. The summed E-state index contributed by atoms with van der Waals surface area (Å²) in [6.45, 7) is 2.07. The summed E-state index contributed by atoms with van der Waals surface area (Å²) >= 11 is 0. The summed E-state index contributed by atoms with van der Waals surface area (Å²) in [5.41, 5.74) is 1.65. The maximum absolute atomic E-state index is 12.3. The van der Waals surface area contributed by atoms with E-state index in [1.807, 2.05) is 30.3 Å². The minimum absolute atomic E-state index is 0.0379. The monoisotopic (exact) mass is 392 g/mol. The molecule has 1 amide bonds. The van der Waals surface area contributed by atoms with Crippen molar-refractivity contribution in [3.8, 4) is 11.5 Å². The number of nitro groups is 1. The van der Waals surface area contributed by atoms with Crippen LogP contribution in [0, 0.1) is 10.1 Å². The predicted octanol–water partition coefficient (Wildman–Crippen LogP) is 4.58. The molecule has 148 valence electrons. The van der Waals surface area contributed by atoms with E-state index in [-0.39, 0.29) is 11.6 Å². The number of ether oxygens (including phenoxy) is 2. The highest BCUT2D eigenvalue weighted by Gasteiger charge is 2.15. The lowest BCUT2D eigenvalue weighted by Gasteiger charge is -2.15. The summed E-state index contributed by atoms with van der Waals surface area (Å²) in [5.74, 6) is 0.742. The topological polar surface area (TPSA) is 90.7 Å². The molecule has 0 fully saturated rings. The van der Waals surface area contributed by atoms with Gasteiger partial charge in [0.2, 0.25) is 0 Å². The second-order valence-corrected chi connectivity index (χ2v) is 6.30. The zero-order valence-corrected chi connectivity index (χ0v) is 15.8. The van der Waals surface area contributed by atoms with Gasteiger partial charge in [0.25, 0.3) is 11.6 Å². The quantitative estimate of drug-likeness (QED) is 0.448. The Labute approximate surface area is 168 Å². The molecule has 0 unspecified atom stereocenters. The first kappa shape index (κ1) is 19.9. The van der Waals surface area contributed by atoms with E-state index in [4.69, 9.17) is 9.47 Å². The van der Waals surface area contributed by atoms with Crippen LogP contribution in [0.1, 0.15) is 12.5 Å². The molecule has 0 aliphatic heterocycles. The number of amides is 1. The van der Waals surface area contributed by atoms with Crippen LogP contribution in [0.2, 0.25) is 0 Å². The van der Waals surface area contributed by atoms with Crippen molar-refractivity contribution in [2.45, 2.75) is 19.6 Å². The molecule has 0 aliphatic carbocycles. The fraction of sp³-hybridized carbons (Fsp3) is 0.136. The number of anilines is 1. The van der Waals surface area contributed by atoms with Gasteiger partial charge in [-0.15, -0.1) is 0 Å². The van der Waals surface area contributed by atoms with E-state index < -0.39 is 11.0 Å². The van der Waals surface area contributed by atoms with Crippen LogP contribution in [0.15, 0.2) is 78.9 Å². The molecule has 0 radical (unpaired) electrons. The van der Waals surface area contributed by atoms with Gasteiger partial charge in [0, 0.05) is 17.8 Å². The second kappa shape index (κ2) is 9.36. The van der Waals surface area contributed by atoms with Gasteiger partial charge in [0.05, 0.1) is 4.92 Å². The Hall–Kier alpha value is -3.87. The molecule has 0 aromatic heterocycles. The molecule has 1 N–H and O–H groups in total. The van der Waals surface area contributed by atoms with E-state index in [9.17, 15) is 14.9 Å². The first-order valence-electron chi connectivity index (χ1n) is 9.00.